The molecule has 0 radical (unpaired) electrons. The SMILES string of the molecule is CC(C)(C)NC(=O)N1CCC(CNC(=O)NCCc2ccccc2)CC1. The maximum Gasteiger partial charge on any atom is 0.317 e. The molecule has 1 aromatic carbocycles. The Labute approximate surface area is 156 Å². The maximum atomic E-state index is 12.2. The molecule has 26 heavy (non-hydrogen) atoms. The number of hydrogen-bond donors (Lipinski definition) is 3. The maximum absolute atomic E-state index is 12.2. The van der Waals surface area contributed by atoms with Gasteiger partial charge in [-0.15, -0.1) is 0 Å². The second-order valence-corrected chi connectivity index (χ2v) is 7.98. The molecule has 0 atom stereocenters. The molecule has 144 valence electrons. The molecule has 4 amide bonds. The molecule has 1 aliphatic heterocycles. The van der Waals surface area contributed by atoms with Crippen LogP contribution in [0.2, 0.25) is 0 Å². The Morgan fingerprint density at radius 2 is 1.73 bits per heavy atom. The van der Waals surface area contributed by atoms with Crippen molar-refractivity contribution in [3.8, 4) is 0 Å². The molecule has 6 nitrogen and oxygen atoms in total. The highest BCUT2D eigenvalue weighted by Gasteiger charge is 2.25. The predicted octanol–water partition coefficient (Wildman–Crippen LogP) is 2.75. The summed E-state index contributed by atoms with van der Waals surface area (Å²) in [6, 6.07) is 10.00. The van der Waals surface area contributed by atoms with Crippen LogP contribution in [0.5, 0.6) is 0 Å². The van der Waals surface area contributed by atoms with Crippen LogP contribution in [0.3, 0.4) is 0 Å². The molecule has 1 aromatic rings. The molecule has 1 saturated heterocycles. The van der Waals surface area contributed by atoms with E-state index in [4.69, 9.17) is 0 Å². The summed E-state index contributed by atoms with van der Waals surface area (Å²) in [6.07, 6.45) is 2.67. The number of urea groups is 2. The molecule has 0 saturated carbocycles. The van der Waals surface area contributed by atoms with E-state index >= 15 is 0 Å². The molecule has 0 unspecified atom stereocenters. The first kappa shape index (κ1) is 20.1. The summed E-state index contributed by atoms with van der Waals surface area (Å²) in [6.45, 7) is 8.72. The molecule has 2 rings (SSSR count). The summed E-state index contributed by atoms with van der Waals surface area (Å²) in [4.78, 5) is 25.9. The van der Waals surface area contributed by atoms with Gasteiger partial charge in [0.2, 0.25) is 0 Å². The lowest BCUT2D eigenvalue weighted by Crippen LogP contribution is -2.51. The van der Waals surface area contributed by atoms with Gasteiger partial charge in [0.15, 0.2) is 0 Å². The molecular weight excluding hydrogens is 328 g/mol. The first-order valence-electron chi connectivity index (χ1n) is 9.46. The van der Waals surface area contributed by atoms with Crippen LogP contribution < -0.4 is 16.0 Å². The van der Waals surface area contributed by atoms with Crippen LogP contribution in [-0.4, -0.2) is 48.7 Å². The smallest absolute Gasteiger partial charge is 0.317 e. The summed E-state index contributed by atoms with van der Waals surface area (Å²) in [7, 11) is 0. The Bertz CT molecular complexity index is 575. The van der Waals surface area contributed by atoms with Crippen molar-refractivity contribution in [1.82, 2.24) is 20.9 Å². The minimum atomic E-state index is -0.215. The molecule has 1 fully saturated rings. The van der Waals surface area contributed by atoms with Crippen LogP contribution >= 0.6 is 0 Å². The highest BCUT2D eigenvalue weighted by molar-refractivity contribution is 5.75. The normalized spacial score (nSPS) is 15.4. The summed E-state index contributed by atoms with van der Waals surface area (Å²) in [5.41, 5.74) is 1.00. The van der Waals surface area contributed by atoms with Crippen molar-refractivity contribution in [2.24, 2.45) is 5.92 Å². The van der Waals surface area contributed by atoms with Crippen LogP contribution in [0.25, 0.3) is 0 Å². The molecule has 0 spiro atoms. The van der Waals surface area contributed by atoms with Crippen LogP contribution in [0, 0.1) is 5.92 Å². The Morgan fingerprint density at radius 3 is 2.35 bits per heavy atom. The van der Waals surface area contributed by atoms with Gasteiger partial charge in [0, 0.05) is 31.7 Å². The largest absolute Gasteiger partial charge is 0.338 e. The summed E-state index contributed by atoms with van der Waals surface area (Å²) >= 11 is 0. The standard InChI is InChI=1S/C20H32N4O2/c1-20(2,3)23-19(26)24-13-10-17(11-14-24)15-22-18(25)21-12-9-16-7-5-4-6-8-16/h4-8,17H,9-15H2,1-3H3,(H,23,26)(H2,21,22,25). The highest BCUT2D eigenvalue weighted by atomic mass is 16.2. The third-order valence-corrected chi connectivity index (χ3v) is 4.48. The van der Waals surface area contributed by atoms with Crippen molar-refractivity contribution in [3.05, 3.63) is 35.9 Å². The van der Waals surface area contributed by atoms with E-state index < -0.39 is 0 Å². The average molecular weight is 361 g/mol. The van der Waals surface area contributed by atoms with E-state index in [1.807, 2.05) is 43.9 Å². The number of nitrogens with one attached hydrogen (secondary N) is 3. The number of piperidine rings is 1. The monoisotopic (exact) mass is 360 g/mol. The van der Waals surface area contributed by atoms with E-state index in [0.29, 0.717) is 19.0 Å². The molecule has 3 N–H and O–H groups in total. The van der Waals surface area contributed by atoms with E-state index in [1.165, 1.54) is 5.56 Å². The van der Waals surface area contributed by atoms with Gasteiger partial charge in [0.05, 0.1) is 0 Å². The minimum Gasteiger partial charge on any atom is -0.338 e. The van der Waals surface area contributed by atoms with E-state index in [9.17, 15) is 9.59 Å². The fraction of sp³-hybridized carbons (Fsp3) is 0.600. The van der Waals surface area contributed by atoms with Crippen molar-refractivity contribution < 1.29 is 9.59 Å². The molecule has 0 bridgehead atoms. The number of hydrogen-bond acceptors (Lipinski definition) is 2. The van der Waals surface area contributed by atoms with E-state index in [2.05, 4.69) is 28.1 Å². The van der Waals surface area contributed by atoms with Crippen molar-refractivity contribution in [2.45, 2.75) is 45.6 Å². The van der Waals surface area contributed by atoms with Gasteiger partial charge in [0.1, 0.15) is 0 Å². The van der Waals surface area contributed by atoms with E-state index in [1.54, 1.807) is 0 Å². The predicted molar refractivity (Wildman–Crippen MR) is 104 cm³/mol. The molecule has 1 heterocycles. The van der Waals surface area contributed by atoms with Crippen LogP contribution in [0.15, 0.2) is 30.3 Å². The van der Waals surface area contributed by atoms with Gasteiger partial charge >= 0.3 is 12.1 Å². The van der Waals surface area contributed by atoms with Gasteiger partial charge in [0.25, 0.3) is 0 Å². The Balaban J connectivity index is 1.59. The number of carbonyl (C=O) groups excluding carboxylic acids is 2. The van der Waals surface area contributed by atoms with Crippen molar-refractivity contribution >= 4 is 12.1 Å². The Hall–Kier alpha value is -2.24. The lowest BCUT2D eigenvalue weighted by molar-refractivity contribution is 0.162. The zero-order valence-corrected chi connectivity index (χ0v) is 16.2. The van der Waals surface area contributed by atoms with Gasteiger partial charge < -0.3 is 20.9 Å². The number of rotatable bonds is 5. The highest BCUT2D eigenvalue weighted by Crippen LogP contribution is 2.17. The quantitative estimate of drug-likeness (QED) is 0.755. The zero-order chi connectivity index (χ0) is 19.0. The minimum absolute atomic E-state index is 0.00237. The molecule has 1 aliphatic rings. The summed E-state index contributed by atoms with van der Waals surface area (Å²) in [5.74, 6) is 0.425. The van der Waals surface area contributed by atoms with Gasteiger partial charge in [-0.2, -0.15) is 0 Å². The van der Waals surface area contributed by atoms with Crippen molar-refractivity contribution in [1.29, 1.82) is 0 Å². The molecule has 0 aromatic heterocycles. The third-order valence-electron chi connectivity index (χ3n) is 4.48. The van der Waals surface area contributed by atoms with Gasteiger partial charge in [-0.05, 0) is 51.5 Å². The number of amides is 4. The lowest BCUT2D eigenvalue weighted by atomic mass is 9.97. The van der Waals surface area contributed by atoms with E-state index in [0.717, 1.165) is 32.4 Å². The van der Waals surface area contributed by atoms with Gasteiger partial charge in [-0.3, -0.25) is 0 Å². The summed E-state index contributed by atoms with van der Waals surface area (Å²) in [5, 5.41) is 8.85. The third kappa shape index (κ3) is 7.33. The second-order valence-electron chi connectivity index (χ2n) is 7.98. The fourth-order valence-corrected chi connectivity index (χ4v) is 3.00. The molecular formula is C20H32N4O2. The van der Waals surface area contributed by atoms with Crippen molar-refractivity contribution in [3.63, 3.8) is 0 Å². The average Bonchev–Trinajstić information content (AvgIpc) is 2.60. The van der Waals surface area contributed by atoms with Crippen molar-refractivity contribution in [2.75, 3.05) is 26.2 Å². The molecule has 0 aliphatic carbocycles. The Kier molecular flexibility index (Phi) is 7.30. The summed E-state index contributed by atoms with van der Waals surface area (Å²) < 4.78 is 0. The second kappa shape index (κ2) is 9.46. The number of benzene rings is 1. The number of nitrogens with zero attached hydrogens (tertiary/aromatic N) is 1. The number of likely N-dealkylation sites (tertiary alicyclic amines) is 1. The first-order chi connectivity index (χ1) is 12.3. The zero-order valence-electron chi connectivity index (χ0n) is 16.2. The first-order valence-corrected chi connectivity index (χ1v) is 9.46. The lowest BCUT2D eigenvalue weighted by Gasteiger charge is -2.34. The molecule has 6 heteroatoms. The topological polar surface area (TPSA) is 73.5 Å². The van der Waals surface area contributed by atoms with Gasteiger partial charge in [-0.25, -0.2) is 9.59 Å². The fourth-order valence-electron chi connectivity index (χ4n) is 3.00. The number of carbonyl (C=O) groups is 2. The Morgan fingerprint density at radius 1 is 1.08 bits per heavy atom. The van der Waals surface area contributed by atoms with Crippen LogP contribution in [0.1, 0.15) is 39.2 Å². The van der Waals surface area contributed by atoms with Crippen LogP contribution in [0.4, 0.5) is 9.59 Å². The van der Waals surface area contributed by atoms with E-state index in [-0.39, 0.29) is 17.6 Å². The van der Waals surface area contributed by atoms with Crippen LogP contribution in [-0.2, 0) is 6.42 Å². The van der Waals surface area contributed by atoms with Gasteiger partial charge in [-0.1, -0.05) is 30.3 Å².